The third kappa shape index (κ3) is 1.28. The standard InChI is InChI=1S/C9H6ClN5/c10-7-3-8-11-1-2-15(8)9(14-7)6-4-12-13-5-6/h1-5H,(H,12,13). The zero-order valence-electron chi connectivity index (χ0n) is 7.55. The van der Waals surface area contributed by atoms with E-state index in [2.05, 4.69) is 20.2 Å². The lowest BCUT2D eigenvalue weighted by molar-refractivity contribution is 1.09. The maximum atomic E-state index is 5.90. The van der Waals surface area contributed by atoms with Crippen molar-refractivity contribution in [3.8, 4) is 11.4 Å². The number of imidazole rings is 1. The van der Waals surface area contributed by atoms with Crippen molar-refractivity contribution in [2.24, 2.45) is 0 Å². The van der Waals surface area contributed by atoms with E-state index in [4.69, 9.17) is 11.6 Å². The van der Waals surface area contributed by atoms with Gasteiger partial charge in [0.05, 0.1) is 11.8 Å². The van der Waals surface area contributed by atoms with Crippen LogP contribution in [0.5, 0.6) is 0 Å². The number of nitrogens with zero attached hydrogens (tertiary/aromatic N) is 4. The highest BCUT2D eigenvalue weighted by atomic mass is 35.5. The molecule has 15 heavy (non-hydrogen) atoms. The fourth-order valence-electron chi connectivity index (χ4n) is 1.47. The van der Waals surface area contributed by atoms with Gasteiger partial charge < -0.3 is 0 Å². The summed E-state index contributed by atoms with van der Waals surface area (Å²) in [5.74, 6) is 0.726. The minimum absolute atomic E-state index is 0.421. The number of H-pyrrole nitrogens is 1. The molecule has 0 aliphatic carbocycles. The number of fused-ring (bicyclic) bond motifs is 1. The molecule has 0 spiro atoms. The molecule has 0 atom stereocenters. The summed E-state index contributed by atoms with van der Waals surface area (Å²) in [4.78, 5) is 8.40. The van der Waals surface area contributed by atoms with Crippen LogP contribution in [0.2, 0.25) is 5.15 Å². The van der Waals surface area contributed by atoms with Gasteiger partial charge in [-0.05, 0) is 0 Å². The molecule has 0 amide bonds. The summed E-state index contributed by atoms with van der Waals surface area (Å²) in [6.07, 6.45) is 6.99. The van der Waals surface area contributed by atoms with E-state index < -0.39 is 0 Å². The van der Waals surface area contributed by atoms with Crippen molar-refractivity contribution in [3.05, 3.63) is 36.0 Å². The number of hydrogen-bond acceptors (Lipinski definition) is 3. The van der Waals surface area contributed by atoms with Gasteiger partial charge in [0.1, 0.15) is 10.8 Å². The maximum absolute atomic E-state index is 5.90. The molecule has 1 N–H and O–H groups in total. The third-order valence-corrected chi connectivity index (χ3v) is 2.31. The zero-order chi connectivity index (χ0) is 10.3. The normalized spacial score (nSPS) is 11.0. The Hall–Kier alpha value is -1.88. The molecule has 3 heterocycles. The van der Waals surface area contributed by atoms with Crippen LogP contribution in [0.25, 0.3) is 17.0 Å². The number of halogens is 1. The van der Waals surface area contributed by atoms with Crippen LogP contribution in [-0.4, -0.2) is 24.6 Å². The Kier molecular flexibility index (Phi) is 1.72. The molecular weight excluding hydrogens is 214 g/mol. The summed E-state index contributed by atoms with van der Waals surface area (Å²) in [6.45, 7) is 0. The van der Waals surface area contributed by atoms with E-state index in [0.29, 0.717) is 5.15 Å². The molecule has 0 radical (unpaired) electrons. The van der Waals surface area contributed by atoms with Crippen LogP contribution in [0.15, 0.2) is 30.9 Å². The first-order valence-corrected chi connectivity index (χ1v) is 4.71. The molecule has 0 saturated carbocycles. The van der Waals surface area contributed by atoms with Crippen molar-refractivity contribution in [1.82, 2.24) is 24.6 Å². The van der Waals surface area contributed by atoms with E-state index in [1.165, 1.54) is 0 Å². The van der Waals surface area contributed by atoms with E-state index in [-0.39, 0.29) is 0 Å². The second kappa shape index (κ2) is 3.06. The molecule has 3 rings (SSSR count). The molecule has 0 saturated heterocycles. The SMILES string of the molecule is Clc1cc2nccn2c(-c2cn[nH]c2)n1. The molecule has 0 fully saturated rings. The largest absolute Gasteiger partial charge is 0.285 e. The highest BCUT2D eigenvalue weighted by Crippen LogP contribution is 2.19. The summed E-state index contributed by atoms with van der Waals surface area (Å²) in [5, 5.41) is 7.04. The van der Waals surface area contributed by atoms with Crippen LogP contribution in [0.3, 0.4) is 0 Å². The van der Waals surface area contributed by atoms with Crippen molar-refractivity contribution >= 4 is 17.2 Å². The monoisotopic (exact) mass is 219 g/mol. The van der Waals surface area contributed by atoms with Gasteiger partial charge in [-0.2, -0.15) is 5.10 Å². The molecule has 0 unspecified atom stereocenters. The molecule has 0 aliphatic rings. The molecular formula is C9H6ClN5. The van der Waals surface area contributed by atoms with Gasteiger partial charge in [0.15, 0.2) is 5.82 Å². The Bertz CT molecular complexity index is 598. The van der Waals surface area contributed by atoms with Crippen LogP contribution in [0.4, 0.5) is 0 Å². The van der Waals surface area contributed by atoms with E-state index in [1.54, 1.807) is 24.7 Å². The van der Waals surface area contributed by atoms with Gasteiger partial charge in [-0.15, -0.1) is 0 Å². The van der Waals surface area contributed by atoms with Gasteiger partial charge >= 0.3 is 0 Å². The Labute approximate surface area is 89.7 Å². The van der Waals surface area contributed by atoms with Crippen molar-refractivity contribution < 1.29 is 0 Å². The van der Waals surface area contributed by atoms with Crippen molar-refractivity contribution in [1.29, 1.82) is 0 Å². The van der Waals surface area contributed by atoms with Gasteiger partial charge in [0.25, 0.3) is 0 Å². The highest BCUT2D eigenvalue weighted by Gasteiger charge is 2.08. The lowest BCUT2D eigenvalue weighted by atomic mass is 10.3. The third-order valence-electron chi connectivity index (χ3n) is 2.11. The van der Waals surface area contributed by atoms with E-state index >= 15 is 0 Å². The summed E-state index contributed by atoms with van der Waals surface area (Å²) < 4.78 is 1.86. The lowest BCUT2D eigenvalue weighted by Crippen LogP contribution is -1.94. The number of aromatic amines is 1. The Morgan fingerprint density at radius 3 is 3.13 bits per heavy atom. The first-order valence-electron chi connectivity index (χ1n) is 4.33. The van der Waals surface area contributed by atoms with Crippen molar-refractivity contribution in [2.45, 2.75) is 0 Å². The molecule has 74 valence electrons. The number of aromatic nitrogens is 5. The molecule has 3 aromatic rings. The minimum Gasteiger partial charge on any atom is -0.285 e. The van der Waals surface area contributed by atoms with Gasteiger partial charge in [0, 0.05) is 24.7 Å². The van der Waals surface area contributed by atoms with Gasteiger partial charge in [0.2, 0.25) is 0 Å². The molecule has 0 aromatic carbocycles. The summed E-state index contributed by atoms with van der Waals surface area (Å²) in [7, 11) is 0. The lowest BCUT2D eigenvalue weighted by Gasteiger charge is -2.01. The predicted octanol–water partition coefficient (Wildman–Crippen LogP) is 1.77. The number of hydrogen-bond donors (Lipinski definition) is 1. The fraction of sp³-hybridized carbons (Fsp3) is 0. The Balaban J connectivity index is 2.38. The first kappa shape index (κ1) is 8.43. The van der Waals surface area contributed by atoms with Gasteiger partial charge in [-0.25, -0.2) is 9.97 Å². The molecule has 3 aromatic heterocycles. The van der Waals surface area contributed by atoms with E-state index in [1.807, 2.05) is 10.6 Å². The predicted molar refractivity (Wildman–Crippen MR) is 55.6 cm³/mol. The van der Waals surface area contributed by atoms with Gasteiger partial charge in [-0.3, -0.25) is 9.50 Å². The topological polar surface area (TPSA) is 58.9 Å². The fourth-order valence-corrected chi connectivity index (χ4v) is 1.65. The molecule has 6 heteroatoms. The minimum atomic E-state index is 0.421. The quantitative estimate of drug-likeness (QED) is 0.635. The highest BCUT2D eigenvalue weighted by molar-refractivity contribution is 6.29. The second-order valence-corrected chi connectivity index (χ2v) is 3.43. The van der Waals surface area contributed by atoms with E-state index in [0.717, 1.165) is 17.0 Å². The molecule has 0 bridgehead atoms. The average molecular weight is 220 g/mol. The van der Waals surface area contributed by atoms with Crippen LogP contribution >= 0.6 is 11.6 Å². The second-order valence-electron chi connectivity index (χ2n) is 3.04. The Morgan fingerprint density at radius 1 is 1.40 bits per heavy atom. The summed E-state index contributed by atoms with van der Waals surface area (Å²) in [5.41, 5.74) is 1.65. The Morgan fingerprint density at radius 2 is 2.33 bits per heavy atom. The number of rotatable bonds is 1. The summed E-state index contributed by atoms with van der Waals surface area (Å²) >= 11 is 5.90. The van der Waals surface area contributed by atoms with Crippen LogP contribution in [-0.2, 0) is 0 Å². The van der Waals surface area contributed by atoms with Crippen LogP contribution in [0, 0.1) is 0 Å². The van der Waals surface area contributed by atoms with Gasteiger partial charge in [-0.1, -0.05) is 11.6 Å². The smallest absolute Gasteiger partial charge is 0.150 e. The average Bonchev–Trinajstić information content (AvgIpc) is 2.86. The molecule has 0 aliphatic heterocycles. The van der Waals surface area contributed by atoms with E-state index in [9.17, 15) is 0 Å². The maximum Gasteiger partial charge on any atom is 0.150 e. The zero-order valence-corrected chi connectivity index (χ0v) is 8.31. The number of nitrogens with one attached hydrogen (secondary N) is 1. The van der Waals surface area contributed by atoms with Crippen LogP contribution < -0.4 is 0 Å². The first-order chi connectivity index (χ1) is 7.34. The van der Waals surface area contributed by atoms with Crippen LogP contribution in [0.1, 0.15) is 0 Å². The summed E-state index contributed by atoms with van der Waals surface area (Å²) in [6, 6.07) is 1.71. The van der Waals surface area contributed by atoms with Crippen molar-refractivity contribution in [3.63, 3.8) is 0 Å². The molecule has 5 nitrogen and oxygen atoms in total. The van der Waals surface area contributed by atoms with Crippen molar-refractivity contribution in [2.75, 3.05) is 0 Å².